The second kappa shape index (κ2) is 4.55. The van der Waals surface area contributed by atoms with Crippen molar-refractivity contribution in [2.75, 3.05) is 18.4 Å². The summed E-state index contributed by atoms with van der Waals surface area (Å²) in [7, 11) is 0. The summed E-state index contributed by atoms with van der Waals surface area (Å²) in [6.07, 6.45) is 0.927. The van der Waals surface area contributed by atoms with Gasteiger partial charge < -0.3 is 15.8 Å². The van der Waals surface area contributed by atoms with Crippen molar-refractivity contribution >= 4 is 5.95 Å². The van der Waals surface area contributed by atoms with Crippen molar-refractivity contribution in [3.05, 3.63) is 17.0 Å². The van der Waals surface area contributed by atoms with E-state index in [-0.39, 0.29) is 0 Å². The first-order valence-electron chi connectivity index (χ1n) is 5.19. The van der Waals surface area contributed by atoms with Gasteiger partial charge in [0.2, 0.25) is 5.95 Å². The summed E-state index contributed by atoms with van der Waals surface area (Å²) in [5.74, 6) is 0.685. The minimum absolute atomic E-state index is 0.601. The second-order valence-electron chi connectivity index (χ2n) is 3.62. The average molecular weight is 208 g/mol. The normalized spacial score (nSPS) is 14.0. The molecule has 0 atom stereocenters. The van der Waals surface area contributed by atoms with Crippen molar-refractivity contribution in [2.45, 2.75) is 26.6 Å². The summed E-state index contributed by atoms with van der Waals surface area (Å²) < 4.78 is 5.33. The van der Waals surface area contributed by atoms with Gasteiger partial charge in [0.15, 0.2) is 0 Å². The van der Waals surface area contributed by atoms with Crippen molar-refractivity contribution < 1.29 is 4.74 Å². The molecule has 5 nitrogen and oxygen atoms in total. The molecule has 1 aromatic heterocycles. The fraction of sp³-hybridized carbons (Fsp3) is 0.600. The Morgan fingerprint density at radius 3 is 3.07 bits per heavy atom. The van der Waals surface area contributed by atoms with Gasteiger partial charge in [0.25, 0.3) is 0 Å². The van der Waals surface area contributed by atoms with E-state index in [0.717, 1.165) is 29.9 Å². The predicted molar refractivity (Wildman–Crippen MR) is 57.4 cm³/mol. The van der Waals surface area contributed by atoms with Crippen LogP contribution in [0, 0.1) is 6.92 Å². The number of rotatable bonds is 4. The predicted octanol–water partition coefficient (Wildman–Crippen LogP) is 0.576. The summed E-state index contributed by atoms with van der Waals surface area (Å²) in [5.41, 5.74) is 8.57. The number of anilines is 1. The molecule has 0 saturated heterocycles. The van der Waals surface area contributed by atoms with Crippen LogP contribution >= 0.6 is 0 Å². The first-order valence-corrected chi connectivity index (χ1v) is 5.19. The van der Waals surface area contributed by atoms with Crippen LogP contribution in [0.4, 0.5) is 5.95 Å². The third-order valence-corrected chi connectivity index (χ3v) is 2.45. The van der Waals surface area contributed by atoms with Crippen LogP contribution in [0.25, 0.3) is 0 Å². The van der Waals surface area contributed by atoms with Gasteiger partial charge in [-0.15, -0.1) is 0 Å². The van der Waals surface area contributed by atoms with Crippen LogP contribution in [0.2, 0.25) is 0 Å². The minimum atomic E-state index is 0.601. The number of nitrogens with one attached hydrogen (secondary N) is 1. The minimum Gasteiger partial charge on any atom is -0.370 e. The lowest BCUT2D eigenvalue weighted by Crippen LogP contribution is -2.12. The first kappa shape index (κ1) is 10.3. The van der Waals surface area contributed by atoms with Gasteiger partial charge >= 0.3 is 0 Å². The molecule has 2 heterocycles. The highest BCUT2D eigenvalue weighted by Gasteiger charge is 2.17. The van der Waals surface area contributed by atoms with Gasteiger partial charge in [-0.3, -0.25) is 0 Å². The number of nitrogens with zero attached hydrogens (tertiary/aromatic N) is 2. The van der Waals surface area contributed by atoms with Crippen LogP contribution in [-0.4, -0.2) is 23.1 Å². The topological polar surface area (TPSA) is 73.1 Å². The highest BCUT2D eigenvalue weighted by Crippen LogP contribution is 2.21. The lowest BCUT2D eigenvalue weighted by molar-refractivity contribution is 0.133. The standard InChI is InChI=1S/C10H16N4O/c1-7-8-5-15-6-9(8)14-10(13-7)12-4-2-3-11/h2-6,11H2,1H3,(H,12,13,14). The highest BCUT2D eigenvalue weighted by atomic mass is 16.5. The lowest BCUT2D eigenvalue weighted by atomic mass is 10.2. The van der Waals surface area contributed by atoms with Crippen molar-refractivity contribution in [3.8, 4) is 0 Å². The fourth-order valence-corrected chi connectivity index (χ4v) is 1.59. The fourth-order valence-electron chi connectivity index (χ4n) is 1.59. The van der Waals surface area contributed by atoms with Gasteiger partial charge in [0, 0.05) is 17.8 Å². The molecule has 1 aliphatic rings. The summed E-state index contributed by atoms with van der Waals surface area (Å²) >= 11 is 0. The SMILES string of the molecule is Cc1nc(NCCCN)nc2c1COC2. The van der Waals surface area contributed by atoms with Gasteiger partial charge in [0.05, 0.1) is 18.9 Å². The Bertz CT molecular complexity index is 354. The molecule has 0 radical (unpaired) electrons. The molecule has 0 amide bonds. The smallest absolute Gasteiger partial charge is 0.223 e. The molecule has 0 aliphatic carbocycles. The Morgan fingerprint density at radius 1 is 1.40 bits per heavy atom. The molecule has 0 unspecified atom stereocenters. The molecule has 1 aliphatic heterocycles. The van der Waals surface area contributed by atoms with Crippen LogP contribution in [0.15, 0.2) is 0 Å². The number of ether oxygens (including phenoxy) is 1. The van der Waals surface area contributed by atoms with E-state index in [1.807, 2.05) is 6.92 Å². The highest BCUT2D eigenvalue weighted by molar-refractivity contribution is 5.35. The summed E-state index contributed by atoms with van der Waals surface area (Å²) in [6, 6.07) is 0. The molecule has 3 N–H and O–H groups in total. The summed E-state index contributed by atoms with van der Waals surface area (Å²) in [4.78, 5) is 8.77. The number of hydrogen-bond acceptors (Lipinski definition) is 5. The lowest BCUT2D eigenvalue weighted by Gasteiger charge is -2.07. The monoisotopic (exact) mass is 208 g/mol. The third kappa shape index (κ3) is 2.24. The van der Waals surface area contributed by atoms with E-state index >= 15 is 0 Å². The first-order chi connectivity index (χ1) is 7.31. The largest absolute Gasteiger partial charge is 0.370 e. The van der Waals surface area contributed by atoms with E-state index in [1.54, 1.807) is 0 Å². The number of fused-ring (bicyclic) bond motifs is 1. The molecular weight excluding hydrogens is 192 g/mol. The van der Waals surface area contributed by atoms with Gasteiger partial charge in [-0.2, -0.15) is 0 Å². The maximum absolute atomic E-state index is 5.41. The molecule has 1 aromatic rings. The van der Waals surface area contributed by atoms with Crippen molar-refractivity contribution in [2.24, 2.45) is 5.73 Å². The zero-order valence-electron chi connectivity index (χ0n) is 8.92. The maximum atomic E-state index is 5.41. The summed E-state index contributed by atoms with van der Waals surface area (Å²) in [5, 5.41) is 3.16. The Morgan fingerprint density at radius 2 is 2.27 bits per heavy atom. The van der Waals surface area contributed by atoms with Crippen LogP contribution in [-0.2, 0) is 18.0 Å². The number of aryl methyl sites for hydroxylation is 1. The quantitative estimate of drug-likeness (QED) is 0.708. The van der Waals surface area contributed by atoms with Crippen LogP contribution in [0.3, 0.4) is 0 Å². The molecule has 0 bridgehead atoms. The van der Waals surface area contributed by atoms with Crippen LogP contribution in [0.5, 0.6) is 0 Å². The Kier molecular flexibility index (Phi) is 3.13. The van der Waals surface area contributed by atoms with E-state index in [9.17, 15) is 0 Å². The molecule has 15 heavy (non-hydrogen) atoms. The van der Waals surface area contributed by atoms with E-state index in [2.05, 4.69) is 15.3 Å². The molecule has 0 saturated carbocycles. The van der Waals surface area contributed by atoms with Crippen LogP contribution < -0.4 is 11.1 Å². The van der Waals surface area contributed by atoms with Crippen molar-refractivity contribution in [1.29, 1.82) is 0 Å². The molecular formula is C10H16N4O. The molecule has 82 valence electrons. The summed E-state index contributed by atoms with van der Waals surface area (Å²) in [6.45, 7) is 4.73. The zero-order chi connectivity index (χ0) is 10.7. The molecule has 0 spiro atoms. The maximum Gasteiger partial charge on any atom is 0.223 e. The number of hydrogen-bond donors (Lipinski definition) is 2. The third-order valence-electron chi connectivity index (χ3n) is 2.45. The number of nitrogens with two attached hydrogens (primary N) is 1. The average Bonchev–Trinajstić information content (AvgIpc) is 2.66. The van der Waals surface area contributed by atoms with Gasteiger partial charge in [-0.05, 0) is 19.9 Å². The Balaban J connectivity index is 2.09. The second-order valence-corrected chi connectivity index (χ2v) is 3.62. The molecule has 2 rings (SSSR count). The van der Waals surface area contributed by atoms with Gasteiger partial charge in [-0.1, -0.05) is 0 Å². The van der Waals surface area contributed by atoms with Crippen molar-refractivity contribution in [1.82, 2.24) is 9.97 Å². The zero-order valence-corrected chi connectivity index (χ0v) is 8.92. The molecule has 0 fully saturated rings. The van der Waals surface area contributed by atoms with Gasteiger partial charge in [-0.25, -0.2) is 9.97 Å². The molecule has 0 aromatic carbocycles. The molecule has 5 heteroatoms. The van der Waals surface area contributed by atoms with E-state index in [4.69, 9.17) is 10.5 Å². The van der Waals surface area contributed by atoms with Crippen LogP contribution in [0.1, 0.15) is 23.4 Å². The Labute approximate surface area is 89.1 Å². The van der Waals surface area contributed by atoms with Gasteiger partial charge in [0.1, 0.15) is 0 Å². The van der Waals surface area contributed by atoms with E-state index in [1.165, 1.54) is 0 Å². The van der Waals surface area contributed by atoms with Crippen molar-refractivity contribution in [3.63, 3.8) is 0 Å². The Hall–Kier alpha value is -1.20. The van der Waals surface area contributed by atoms with E-state index in [0.29, 0.717) is 25.7 Å². The van der Waals surface area contributed by atoms with E-state index < -0.39 is 0 Å². The number of aromatic nitrogens is 2.